The SMILES string of the molecule is COC(=O)CNS(=O)(=O)c1ccc(NC(=O)CCc2ccc(F)cc2)cc1. The Morgan fingerprint density at radius 1 is 1.04 bits per heavy atom. The van der Waals surface area contributed by atoms with Crippen LogP contribution in [0, 0.1) is 5.82 Å². The molecule has 0 aliphatic heterocycles. The minimum Gasteiger partial charge on any atom is -0.468 e. The van der Waals surface area contributed by atoms with E-state index in [9.17, 15) is 22.4 Å². The molecule has 0 radical (unpaired) electrons. The van der Waals surface area contributed by atoms with Crippen LogP contribution in [0.5, 0.6) is 0 Å². The van der Waals surface area contributed by atoms with Crippen molar-refractivity contribution in [2.24, 2.45) is 0 Å². The van der Waals surface area contributed by atoms with Crippen molar-refractivity contribution in [1.29, 1.82) is 0 Å². The molecule has 0 saturated heterocycles. The minimum absolute atomic E-state index is 0.0456. The molecule has 0 bridgehead atoms. The number of anilines is 1. The third-order valence-corrected chi connectivity index (χ3v) is 5.05. The molecule has 2 N–H and O–H groups in total. The topological polar surface area (TPSA) is 102 Å². The monoisotopic (exact) mass is 394 g/mol. The summed E-state index contributed by atoms with van der Waals surface area (Å²) in [5.74, 6) is -1.29. The number of carbonyl (C=O) groups excluding carboxylic acids is 2. The fourth-order valence-corrected chi connectivity index (χ4v) is 3.13. The Balaban J connectivity index is 1.89. The van der Waals surface area contributed by atoms with Crippen LogP contribution in [0.15, 0.2) is 53.4 Å². The molecule has 0 fully saturated rings. The second-order valence-electron chi connectivity index (χ2n) is 5.60. The third kappa shape index (κ3) is 6.46. The summed E-state index contributed by atoms with van der Waals surface area (Å²) in [5, 5.41) is 2.66. The molecule has 0 spiro atoms. The summed E-state index contributed by atoms with van der Waals surface area (Å²) in [7, 11) is -2.70. The first-order valence-corrected chi connectivity index (χ1v) is 9.49. The number of aryl methyl sites for hydroxylation is 1. The highest BCUT2D eigenvalue weighted by Crippen LogP contribution is 2.14. The summed E-state index contributed by atoms with van der Waals surface area (Å²) in [6, 6.07) is 11.4. The molecule has 9 heteroatoms. The van der Waals surface area contributed by atoms with Crippen LogP contribution < -0.4 is 10.0 Å². The lowest BCUT2D eigenvalue weighted by atomic mass is 10.1. The molecule has 0 aliphatic carbocycles. The number of rotatable bonds is 8. The number of benzene rings is 2. The third-order valence-electron chi connectivity index (χ3n) is 3.64. The summed E-state index contributed by atoms with van der Waals surface area (Å²) in [6.45, 7) is -0.472. The maximum absolute atomic E-state index is 12.8. The first-order valence-electron chi connectivity index (χ1n) is 8.01. The van der Waals surface area contributed by atoms with Crippen LogP contribution in [-0.4, -0.2) is 33.9 Å². The van der Waals surface area contributed by atoms with Crippen LogP contribution in [0.1, 0.15) is 12.0 Å². The van der Waals surface area contributed by atoms with Gasteiger partial charge in [0.1, 0.15) is 12.4 Å². The van der Waals surface area contributed by atoms with Crippen LogP contribution in [0.2, 0.25) is 0 Å². The van der Waals surface area contributed by atoms with Crippen LogP contribution in [0.3, 0.4) is 0 Å². The van der Waals surface area contributed by atoms with Gasteiger partial charge in [-0.2, -0.15) is 4.72 Å². The largest absolute Gasteiger partial charge is 0.468 e. The summed E-state index contributed by atoms with van der Waals surface area (Å²) < 4.78 is 43.4. The Hall–Kier alpha value is -2.78. The van der Waals surface area contributed by atoms with Gasteiger partial charge in [-0.25, -0.2) is 12.8 Å². The van der Waals surface area contributed by atoms with Gasteiger partial charge < -0.3 is 10.1 Å². The van der Waals surface area contributed by atoms with Crippen molar-refractivity contribution in [3.8, 4) is 0 Å². The predicted octanol–water partition coefficient (Wildman–Crippen LogP) is 1.85. The second kappa shape index (κ2) is 9.24. The van der Waals surface area contributed by atoms with Crippen molar-refractivity contribution >= 4 is 27.6 Å². The van der Waals surface area contributed by atoms with Gasteiger partial charge in [0.05, 0.1) is 12.0 Å². The highest BCUT2D eigenvalue weighted by Gasteiger charge is 2.15. The Kier molecular flexibility index (Phi) is 7.03. The van der Waals surface area contributed by atoms with Crippen molar-refractivity contribution < 1.29 is 27.1 Å². The maximum atomic E-state index is 12.8. The summed E-state index contributed by atoms with van der Waals surface area (Å²) >= 11 is 0. The first kappa shape index (κ1) is 20.5. The van der Waals surface area contributed by atoms with Crippen molar-refractivity contribution in [2.45, 2.75) is 17.7 Å². The van der Waals surface area contributed by atoms with E-state index < -0.39 is 22.5 Å². The van der Waals surface area contributed by atoms with Gasteiger partial charge >= 0.3 is 5.97 Å². The molecule has 0 aromatic heterocycles. The van der Waals surface area contributed by atoms with Gasteiger partial charge in [0.15, 0.2) is 0 Å². The number of hydrogen-bond acceptors (Lipinski definition) is 5. The summed E-state index contributed by atoms with van der Waals surface area (Å²) in [4.78, 5) is 23.0. The number of ether oxygens (including phenoxy) is 1. The molecular formula is C18H19FN2O5S. The van der Waals surface area contributed by atoms with E-state index in [2.05, 4.69) is 14.8 Å². The number of hydrogen-bond donors (Lipinski definition) is 2. The Bertz CT molecular complexity index is 896. The number of halogens is 1. The lowest BCUT2D eigenvalue weighted by Crippen LogP contribution is -2.30. The van der Waals surface area contributed by atoms with Crippen molar-refractivity contribution in [1.82, 2.24) is 4.72 Å². The van der Waals surface area contributed by atoms with Gasteiger partial charge in [0.25, 0.3) is 0 Å². The van der Waals surface area contributed by atoms with Gasteiger partial charge in [0, 0.05) is 12.1 Å². The first-order chi connectivity index (χ1) is 12.8. The van der Waals surface area contributed by atoms with Gasteiger partial charge in [-0.3, -0.25) is 9.59 Å². The van der Waals surface area contributed by atoms with E-state index in [1.807, 2.05) is 0 Å². The number of amides is 1. The number of methoxy groups -OCH3 is 1. The molecule has 27 heavy (non-hydrogen) atoms. The number of carbonyl (C=O) groups is 2. The molecule has 0 aliphatic rings. The Morgan fingerprint density at radius 3 is 2.26 bits per heavy atom. The van der Waals surface area contributed by atoms with E-state index in [1.165, 1.54) is 36.4 Å². The smallest absolute Gasteiger partial charge is 0.320 e. The van der Waals surface area contributed by atoms with E-state index >= 15 is 0 Å². The zero-order valence-corrected chi connectivity index (χ0v) is 15.4. The van der Waals surface area contributed by atoms with Crippen molar-refractivity contribution in [2.75, 3.05) is 19.0 Å². The lowest BCUT2D eigenvalue weighted by molar-refractivity contribution is -0.139. The van der Waals surface area contributed by atoms with Gasteiger partial charge in [-0.1, -0.05) is 12.1 Å². The zero-order valence-electron chi connectivity index (χ0n) is 14.6. The predicted molar refractivity (Wildman–Crippen MR) is 97.0 cm³/mol. The molecule has 2 aromatic carbocycles. The number of nitrogens with one attached hydrogen (secondary N) is 2. The average Bonchev–Trinajstić information content (AvgIpc) is 2.66. The fraction of sp³-hybridized carbons (Fsp3) is 0.222. The van der Waals surface area contributed by atoms with Crippen LogP contribution in [0.25, 0.3) is 0 Å². The molecule has 2 rings (SSSR count). The zero-order chi connectivity index (χ0) is 19.9. The minimum atomic E-state index is -3.85. The molecule has 0 saturated carbocycles. The van der Waals surface area contributed by atoms with Gasteiger partial charge in [-0.05, 0) is 48.4 Å². The second-order valence-corrected chi connectivity index (χ2v) is 7.37. The quantitative estimate of drug-likeness (QED) is 0.666. The molecule has 1 amide bonds. The summed E-state index contributed by atoms with van der Waals surface area (Å²) in [5.41, 5.74) is 1.27. The Labute approximate surface area is 156 Å². The lowest BCUT2D eigenvalue weighted by Gasteiger charge is -2.08. The molecule has 0 atom stereocenters. The fourth-order valence-electron chi connectivity index (χ4n) is 2.16. The molecule has 0 unspecified atom stereocenters. The standard InChI is InChI=1S/C18H19FN2O5S/c1-26-18(23)12-20-27(24,25)16-9-7-15(8-10-16)21-17(22)11-4-13-2-5-14(19)6-3-13/h2-3,5-10,20H,4,11-12H2,1H3,(H,21,22). The number of esters is 1. The summed E-state index contributed by atoms with van der Waals surface area (Å²) in [6.07, 6.45) is 0.655. The highest BCUT2D eigenvalue weighted by molar-refractivity contribution is 7.89. The molecule has 144 valence electrons. The van der Waals surface area contributed by atoms with Crippen molar-refractivity contribution in [3.05, 3.63) is 59.9 Å². The van der Waals surface area contributed by atoms with E-state index in [0.29, 0.717) is 12.1 Å². The van der Waals surface area contributed by atoms with Crippen LogP contribution in [0.4, 0.5) is 10.1 Å². The normalized spacial score (nSPS) is 11.0. The average molecular weight is 394 g/mol. The van der Waals surface area contributed by atoms with E-state index in [1.54, 1.807) is 12.1 Å². The molecule has 0 heterocycles. The molecular weight excluding hydrogens is 375 g/mol. The number of sulfonamides is 1. The van der Waals surface area contributed by atoms with E-state index in [-0.39, 0.29) is 23.0 Å². The van der Waals surface area contributed by atoms with Gasteiger partial charge in [0.2, 0.25) is 15.9 Å². The van der Waals surface area contributed by atoms with Crippen LogP contribution in [-0.2, 0) is 30.8 Å². The van der Waals surface area contributed by atoms with Crippen molar-refractivity contribution in [3.63, 3.8) is 0 Å². The van der Waals surface area contributed by atoms with Crippen LogP contribution >= 0.6 is 0 Å². The Morgan fingerprint density at radius 2 is 1.67 bits per heavy atom. The molecule has 7 nitrogen and oxygen atoms in total. The maximum Gasteiger partial charge on any atom is 0.320 e. The molecule has 2 aromatic rings. The van der Waals surface area contributed by atoms with Gasteiger partial charge in [-0.15, -0.1) is 0 Å². The van der Waals surface area contributed by atoms with E-state index in [4.69, 9.17) is 0 Å². The van der Waals surface area contributed by atoms with E-state index in [0.717, 1.165) is 12.7 Å². The highest BCUT2D eigenvalue weighted by atomic mass is 32.2.